The predicted molar refractivity (Wildman–Crippen MR) is 43.3 cm³/mol. The molecule has 0 bridgehead atoms. The summed E-state index contributed by atoms with van der Waals surface area (Å²) >= 11 is 0. The van der Waals surface area contributed by atoms with E-state index < -0.39 is 24.8 Å². The van der Waals surface area contributed by atoms with Crippen molar-refractivity contribution >= 4 is 0 Å². The topological polar surface area (TPSA) is 12.0 Å². The van der Waals surface area contributed by atoms with E-state index in [0.717, 1.165) is 0 Å². The van der Waals surface area contributed by atoms with Crippen LogP contribution in [0.25, 0.3) is 0 Å². The van der Waals surface area contributed by atoms with Crippen LogP contribution in [0.5, 0.6) is 0 Å². The van der Waals surface area contributed by atoms with Gasteiger partial charge in [0.15, 0.2) is 0 Å². The number of nitrogens with one attached hydrogen (secondary N) is 1. The van der Waals surface area contributed by atoms with Crippen LogP contribution in [0.3, 0.4) is 0 Å². The first kappa shape index (κ1) is 12.7. The first-order valence-corrected chi connectivity index (χ1v) is 4.23. The van der Waals surface area contributed by atoms with Crippen LogP contribution in [-0.2, 0) is 0 Å². The number of hydrogen-bond donors (Lipinski definition) is 1. The van der Waals surface area contributed by atoms with Crippen molar-refractivity contribution in [3.05, 3.63) is 0 Å². The second-order valence-electron chi connectivity index (χ2n) is 3.28. The Labute approximate surface area is 75.5 Å². The molecule has 0 atom stereocenters. The third-order valence-corrected chi connectivity index (χ3v) is 1.38. The Morgan fingerprint density at radius 1 is 1.15 bits per heavy atom. The summed E-state index contributed by atoms with van der Waals surface area (Å²) in [5.41, 5.74) is 0. The van der Waals surface area contributed by atoms with Gasteiger partial charge in [0, 0.05) is 0 Å². The molecule has 80 valence electrons. The van der Waals surface area contributed by atoms with Gasteiger partial charge in [0.1, 0.15) is 0 Å². The molecule has 0 saturated heterocycles. The second kappa shape index (κ2) is 4.79. The van der Waals surface area contributed by atoms with Gasteiger partial charge in [0.05, 0.1) is 13.0 Å². The zero-order valence-electron chi connectivity index (χ0n) is 7.84. The van der Waals surface area contributed by atoms with E-state index in [1.54, 1.807) is 0 Å². The maximum atomic E-state index is 12.7. The molecule has 0 aliphatic heterocycles. The van der Waals surface area contributed by atoms with Crippen molar-refractivity contribution in [2.75, 3.05) is 13.1 Å². The lowest BCUT2D eigenvalue weighted by Crippen LogP contribution is -2.37. The molecule has 5 heteroatoms. The van der Waals surface area contributed by atoms with Gasteiger partial charge in [0.25, 0.3) is 11.8 Å². The molecule has 0 aromatic carbocycles. The van der Waals surface area contributed by atoms with Gasteiger partial charge in [-0.1, -0.05) is 6.92 Å². The highest BCUT2D eigenvalue weighted by atomic mass is 19.3. The van der Waals surface area contributed by atoms with Crippen LogP contribution >= 0.6 is 0 Å². The van der Waals surface area contributed by atoms with Gasteiger partial charge < -0.3 is 5.32 Å². The molecule has 0 fully saturated rings. The van der Waals surface area contributed by atoms with Gasteiger partial charge in [-0.25, -0.2) is 17.6 Å². The fourth-order valence-electron chi connectivity index (χ4n) is 0.965. The van der Waals surface area contributed by atoms with Gasteiger partial charge in [-0.2, -0.15) is 0 Å². The predicted octanol–water partition coefficient (Wildman–Crippen LogP) is 2.67. The molecule has 0 unspecified atom stereocenters. The highest BCUT2D eigenvalue weighted by Gasteiger charge is 2.39. The van der Waals surface area contributed by atoms with Crippen molar-refractivity contribution < 1.29 is 17.6 Å². The molecule has 0 aliphatic carbocycles. The average Bonchev–Trinajstić information content (AvgIpc) is 1.81. The summed E-state index contributed by atoms with van der Waals surface area (Å²) in [6.45, 7) is 2.06. The summed E-state index contributed by atoms with van der Waals surface area (Å²) in [7, 11) is 0. The largest absolute Gasteiger partial charge is 0.311 e. The molecule has 1 N–H and O–H groups in total. The summed E-state index contributed by atoms with van der Waals surface area (Å²) in [6, 6.07) is 0. The smallest absolute Gasteiger partial charge is 0.266 e. The van der Waals surface area contributed by atoms with Gasteiger partial charge in [-0.05, 0) is 19.9 Å². The van der Waals surface area contributed by atoms with Gasteiger partial charge in [-0.3, -0.25) is 0 Å². The monoisotopic (exact) mass is 201 g/mol. The van der Waals surface area contributed by atoms with Crippen LogP contribution in [0.1, 0.15) is 26.7 Å². The highest BCUT2D eigenvalue weighted by Crippen LogP contribution is 2.29. The van der Waals surface area contributed by atoms with E-state index in [1.807, 2.05) is 6.92 Å². The minimum absolute atomic E-state index is 0.422. The first-order valence-electron chi connectivity index (χ1n) is 4.23. The fourth-order valence-corrected chi connectivity index (χ4v) is 0.965. The maximum absolute atomic E-state index is 12.7. The Bertz CT molecular complexity index is 142. The van der Waals surface area contributed by atoms with Crippen LogP contribution in [0.2, 0.25) is 0 Å². The standard InChI is InChI=1S/C8H15F4N/c1-3-4-13-6-8(11,12)5-7(2,9)10/h13H,3-6H2,1-2H3. The summed E-state index contributed by atoms with van der Waals surface area (Å²) in [6.07, 6.45) is -0.685. The lowest BCUT2D eigenvalue weighted by Gasteiger charge is -2.20. The van der Waals surface area contributed by atoms with E-state index in [1.165, 1.54) is 0 Å². The van der Waals surface area contributed by atoms with Gasteiger partial charge in [0.2, 0.25) is 0 Å². The first-order chi connectivity index (χ1) is 5.77. The van der Waals surface area contributed by atoms with Gasteiger partial charge in [-0.15, -0.1) is 0 Å². The summed E-state index contributed by atoms with van der Waals surface area (Å²) in [5.74, 6) is -6.63. The van der Waals surface area contributed by atoms with E-state index in [9.17, 15) is 17.6 Å². The van der Waals surface area contributed by atoms with E-state index in [2.05, 4.69) is 5.32 Å². The normalized spacial score (nSPS) is 13.4. The Kier molecular flexibility index (Phi) is 4.67. The van der Waals surface area contributed by atoms with Crippen molar-refractivity contribution in [1.29, 1.82) is 0 Å². The molecule has 0 saturated carbocycles. The quantitative estimate of drug-likeness (QED) is 0.514. The van der Waals surface area contributed by atoms with Crippen molar-refractivity contribution in [3.63, 3.8) is 0 Å². The van der Waals surface area contributed by atoms with Crippen molar-refractivity contribution in [2.24, 2.45) is 0 Å². The molecule has 0 heterocycles. The zero-order chi connectivity index (χ0) is 10.5. The van der Waals surface area contributed by atoms with E-state index in [0.29, 0.717) is 19.9 Å². The van der Waals surface area contributed by atoms with Crippen LogP contribution in [-0.4, -0.2) is 24.9 Å². The Hall–Kier alpha value is -0.320. The summed E-state index contributed by atoms with van der Waals surface area (Å²) in [5, 5.41) is 2.41. The Balaban J connectivity index is 3.80. The number of halogens is 4. The number of hydrogen-bond acceptors (Lipinski definition) is 1. The second-order valence-corrected chi connectivity index (χ2v) is 3.28. The lowest BCUT2D eigenvalue weighted by atomic mass is 10.1. The van der Waals surface area contributed by atoms with Crippen molar-refractivity contribution in [3.8, 4) is 0 Å². The number of rotatable bonds is 6. The summed E-state index contributed by atoms with van der Waals surface area (Å²) < 4.78 is 49.8. The van der Waals surface area contributed by atoms with Crippen molar-refractivity contribution in [2.45, 2.75) is 38.5 Å². The van der Waals surface area contributed by atoms with Crippen LogP contribution in [0.4, 0.5) is 17.6 Å². The molecular weight excluding hydrogens is 186 g/mol. The minimum atomic E-state index is -3.33. The highest BCUT2D eigenvalue weighted by molar-refractivity contribution is 4.76. The maximum Gasteiger partial charge on any atom is 0.266 e. The SMILES string of the molecule is CCCNCC(F)(F)CC(C)(F)F. The zero-order valence-corrected chi connectivity index (χ0v) is 7.84. The fraction of sp³-hybridized carbons (Fsp3) is 1.00. The van der Waals surface area contributed by atoms with Crippen molar-refractivity contribution in [1.82, 2.24) is 5.32 Å². The molecule has 0 spiro atoms. The summed E-state index contributed by atoms with van der Waals surface area (Å²) in [4.78, 5) is 0. The molecule has 13 heavy (non-hydrogen) atoms. The molecule has 0 aromatic rings. The molecule has 0 radical (unpaired) electrons. The minimum Gasteiger partial charge on any atom is -0.311 e. The molecule has 0 aromatic heterocycles. The van der Waals surface area contributed by atoms with Crippen LogP contribution in [0, 0.1) is 0 Å². The lowest BCUT2D eigenvalue weighted by molar-refractivity contribution is -0.0983. The van der Waals surface area contributed by atoms with Crippen LogP contribution < -0.4 is 5.32 Å². The van der Waals surface area contributed by atoms with E-state index >= 15 is 0 Å². The molecule has 0 aliphatic rings. The van der Waals surface area contributed by atoms with E-state index in [-0.39, 0.29) is 0 Å². The molecular formula is C8H15F4N. The molecule has 0 amide bonds. The average molecular weight is 201 g/mol. The third kappa shape index (κ3) is 8.02. The third-order valence-electron chi connectivity index (χ3n) is 1.38. The molecule has 0 rings (SSSR count). The van der Waals surface area contributed by atoms with Gasteiger partial charge >= 0.3 is 0 Å². The Morgan fingerprint density at radius 3 is 2.08 bits per heavy atom. The van der Waals surface area contributed by atoms with E-state index in [4.69, 9.17) is 0 Å². The van der Waals surface area contributed by atoms with Crippen LogP contribution in [0.15, 0.2) is 0 Å². The molecule has 1 nitrogen and oxygen atoms in total. The Morgan fingerprint density at radius 2 is 1.69 bits per heavy atom. The number of alkyl halides is 4.